The second kappa shape index (κ2) is 8.91. The van der Waals surface area contributed by atoms with Crippen LogP contribution in [0.1, 0.15) is 35.1 Å². The van der Waals surface area contributed by atoms with Crippen LogP contribution >= 0.6 is 0 Å². The van der Waals surface area contributed by atoms with E-state index in [4.69, 9.17) is 0 Å². The number of halogens is 2. The molecule has 0 aromatic heterocycles. The fourth-order valence-electron chi connectivity index (χ4n) is 4.55. The van der Waals surface area contributed by atoms with E-state index in [9.17, 15) is 0 Å². The molecule has 0 amide bonds. The predicted molar refractivity (Wildman–Crippen MR) is 101 cm³/mol. The van der Waals surface area contributed by atoms with Crippen LogP contribution in [0, 0.1) is 5.92 Å². The first kappa shape index (κ1) is 22.2. The van der Waals surface area contributed by atoms with E-state index in [0.717, 1.165) is 6.42 Å². The van der Waals surface area contributed by atoms with Gasteiger partial charge in [0.25, 0.3) is 0 Å². The Morgan fingerprint density at radius 3 is 1.85 bits per heavy atom. The van der Waals surface area contributed by atoms with Gasteiger partial charge in [-0.3, -0.25) is 0 Å². The van der Waals surface area contributed by atoms with Gasteiger partial charge in [0.15, 0.2) is 0 Å². The molecule has 0 bridgehead atoms. The Labute approximate surface area is 193 Å². The Hall–Kier alpha value is -1.14. The Bertz CT molecular complexity index is 932. The molecular weight excluding hydrogens is 450 g/mol. The summed E-state index contributed by atoms with van der Waals surface area (Å²) in [6, 6.07) is 26.7. The van der Waals surface area contributed by atoms with Gasteiger partial charge in [-0.2, -0.15) is 0 Å². The van der Waals surface area contributed by atoms with Crippen molar-refractivity contribution in [2.45, 2.75) is 19.3 Å². The number of benzene rings is 3. The molecule has 3 heteroatoms. The summed E-state index contributed by atoms with van der Waals surface area (Å²) in [5.74, 6) is 0.986. The van der Waals surface area contributed by atoms with Crippen LogP contribution in [0.2, 0.25) is 0 Å². The van der Waals surface area contributed by atoms with Gasteiger partial charge in [0.2, 0.25) is 0 Å². The molecular formula is C24H20Cl2Zr. The van der Waals surface area contributed by atoms with E-state index in [0.29, 0.717) is 11.8 Å². The van der Waals surface area contributed by atoms with Crippen LogP contribution in [-0.2, 0) is 32.6 Å². The van der Waals surface area contributed by atoms with Crippen molar-refractivity contribution in [2.75, 3.05) is 0 Å². The normalized spacial score (nSPS) is 14.5. The van der Waals surface area contributed by atoms with Crippen LogP contribution < -0.4 is 24.8 Å². The topological polar surface area (TPSA) is 0 Å². The van der Waals surface area contributed by atoms with Crippen molar-refractivity contribution in [3.63, 3.8) is 0 Å². The summed E-state index contributed by atoms with van der Waals surface area (Å²) in [6.45, 7) is 2.40. The summed E-state index contributed by atoms with van der Waals surface area (Å²) >= 11 is 0. The van der Waals surface area contributed by atoms with Gasteiger partial charge in [-0.15, -0.1) is 0 Å². The fraction of sp³-hybridized carbons (Fsp3) is 0.167. The molecule has 0 saturated heterocycles. The molecule has 5 rings (SSSR count). The second-order valence-electron chi connectivity index (χ2n) is 7.04. The molecule has 2 aliphatic rings. The van der Waals surface area contributed by atoms with Gasteiger partial charge in [0, 0.05) is 5.92 Å². The summed E-state index contributed by atoms with van der Waals surface area (Å²) in [5, 5.41) is 0. The Balaban J connectivity index is 0.000000871. The first-order valence-electron chi connectivity index (χ1n) is 8.79. The summed E-state index contributed by atoms with van der Waals surface area (Å²) < 4.78 is 0. The zero-order valence-electron chi connectivity index (χ0n) is 15.1. The minimum absolute atomic E-state index is 0. The minimum Gasteiger partial charge on any atom is -1.00 e. The van der Waals surface area contributed by atoms with Gasteiger partial charge in [0.1, 0.15) is 0 Å². The van der Waals surface area contributed by atoms with Crippen molar-refractivity contribution < 1.29 is 51.0 Å². The first-order chi connectivity index (χ1) is 11.8. The molecule has 1 unspecified atom stereocenters. The van der Waals surface area contributed by atoms with Crippen LogP contribution in [0.4, 0.5) is 0 Å². The van der Waals surface area contributed by atoms with E-state index >= 15 is 0 Å². The monoisotopic (exact) mass is 468 g/mol. The van der Waals surface area contributed by atoms with E-state index in [1.54, 1.807) is 5.57 Å². The molecule has 2 aliphatic carbocycles. The maximum atomic E-state index is 2.42. The van der Waals surface area contributed by atoms with Gasteiger partial charge in [-0.25, -0.2) is 0 Å². The summed E-state index contributed by atoms with van der Waals surface area (Å²) in [5.41, 5.74) is 10.2. The molecule has 3 aromatic rings. The third-order valence-electron chi connectivity index (χ3n) is 5.76. The second-order valence-corrected chi connectivity index (χ2v) is 7.04. The number of hydrogen-bond acceptors (Lipinski definition) is 0. The average Bonchev–Trinajstić information content (AvgIpc) is 3.20. The molecule has 3 aromatic carbocycles. The molecule has 1 atom stereocenters. The van der Waals surface area contributed by atoms with Crippen molar-refractivity contribution in [1.29, 1.82) is 0 Å². The van der Waals surface area contributed by atoms with E-state index < -0.39 is 0 Å². The van der Waals surface area contributed by atoms with Crippen LogP contribution in [0.15, 0.2) is 78.4 Å². The average molecular weight is 471 g/mol. The largest absolute Gasteiger partial charge is 2.00 e. The maximum Gasteiger partial charge on any atom is 2.00 e. The first-order valence-corrected chi connectivity index (χ1v) is 8.79. The molecule has 0 aliphatic heterocycles. The summed E-state index contributed by atoms with van der Waals surface area (Å²) in [4.78, 5) is 0. The fourth-order valence-corrected chi connectivity index (χ4v) is 4.55. The number of allylic oxidation sites excluding steroid dienone is 1. The number of fused-ring (bicyclic) bond motifs is 4. The quantitative estimate of drug-likeness (QED) is 0.498. The third-order valence-corrected chi connectivity index (χ3v) is 5.76. The molecule has 27 heavy (non-hydrogen) atoms. The van der Waals surface area contributed by atoms with Crippen LogP contribution in [0.25, 0.3) is 17.2 Å². The molecule has 134 valence electrons. The third kappa shape index (κ3) is 3.63. The maximum absolute atomic E-state index is 2.42. The van der Waals surface area contributed by atoms with E-state index in [2.05, 4.69) is 85.8 Å². The van der Waals surface area contributed by atoms with Gasteiger partial charge in [0.05, 0.1) is 0 Å². The Morgan fingerprint density at radius 1 is 0.741 bits per heavy atom. The van der Waals surface area contributed by atoms with Gasteiger partial charge < -0.3 is 24.8 Å². The minimum atomic E-state index is 0. The Morgan fingerprint density at radius 2 is 1.26 bits per heavy atom. The molecule has 0 heterocycles. The zero-order valence-corrected chi connectivity index (χ0v) is 19.1. The molecule has 0 radical (unpaired) electrons. The van der Waals surface area contributed by atoms with Gasteiger partial charge >= 0.3 is 26.2 Å². The van der Waals surface area contributed by atoms with E-state index in [-0.39, 0.29) is 51.0 Å². The van der Waals surface area contributed by atoms with E-state index in [1.807, 2.05) is 0 Å². The van der Waals surface area contributed by atoms with Crippen LogP contribution in [-0.4, -0.2) is 0 Å². The molecule has 0 N–H and O–H groups in total. The smallest absolute Gasteiger partial charge is 1.00 e. The van der Waals surface area contributed by atoms with Crippen molar-refractivity contribution in [2.24, 2.45) is 5.92 Å². The Kier molecular flexibility index (Phi) is 7.31. The molecule has 0 fully saturated rings. The van der Waals surface area contributed by atoms with Gasteiger partial charge in [-0.05, 0) is 45.7 Å². The number of hydrogen-bond donors (Lipinski definition) is 0. The summed E-state index contributed by atoms with van der Waals surface area (Å²) in [6.07, 6.45) is 3.52. The molecule has 0 nitrogen and oxygen atoms in total. The molecule has 0 spiro atoms. The van der Waals surface area contributed by atoms with Crippen molar-refractivity contribution >= 4 is 6.08 Å². The zero-order chi connectivity index (χ0) is 16.1. The standard InChI is InChI=1S/C24H20.2ClH.Zr/c1-16(19-14-17-8-2-3-9-18(17)15-19)24-22-12-6-4-10-20(22)21-11-5-7-13-23(21)24;;;/h2-14,16,24H,15H2,1H3;2*1H;/q;;;+2/p-2. The predicted octanol–water partition coefficient (Wildman–Crippen LogP) is 0.0802. The van der Waals surface area contributed by atoms with Crippen LogP contribution in [0.5, 0.6) is 0 Å². The van der Waals surface area contributed by atoms with Crippen LogP contribution in [0.3, 0.4) is 0 Å². The SMILES string of the molecule is CC(C1=Cc2ccccc2C1)C1c2ccccc2-c2ccccc21.[Cl-].[Cl-].[Zr+2]. The van der Waals surface area contributed by atoms with Crippen molar-refractivity contribution in [1.82, 2.24) is 0 Å². The van der Waals surface area contributed by atoms with Crippen molar-refractivity contribution in [3.05, 3.63) is 101 Å². The summed E-state index contributed by atoms with van der Waals surface area (Å²) in [7, 11) is 0. The number of rotatable bonds is 2. The van der Waals surface area contributed by atoms with Crippen molar-refractivity contribution in [3.8, 4) is 11.1 Å². The molecule has 0 saturated carbocycles. The van der Waals surface area contributed by atoms with E-state index in [1.165, 1.54) is 33.4 Å². The van der Waals surface area contributed by atoms with Gasteiger partial charge in [-0.1, -0.05) is 91.4 Å².